The van der Waals surface area contributed by atoms with E-state index >= 15 is 0 Å². The zero-order valence-corrected chi connectivity index (χ0v) is 28.0. The van der Waals surface area contributed by atoms with Gasteiger partial charge < -0.3 is 14.2 Å². The summed E-state index contributed by atoms with van der Waals surface area (Å²) < 4.78 is 17.1. The summed E-state index contributed by atoms with van der Waals surface area (Å²) in [5.74, 6) is 1.94. The van der Waals surface area contributed by atoms with Gasteiger partial charge in [0.1, 0.15) is 19.0 Å². The molecule has 0 heterocycles. The molecule has 0 aromatic heterocycles. The molecule has 4 aromatic carbocycles. The number of halogens is 2. The molecule has 0 saturated heterocycles. The minimum Gasteiger partial charge on any atom is -0.490 e. The summed E-state index contributed by atoms with van der Waals surface area (Å²) in [7, 11) is 1.76. The second kappa shape index (κ2) is 14.7. The third kappa shape index (κ3) is 8.35. The van der Waals surface area contributed by atoms with Crippen molar-refractivity contribution < 1.29 is 14.2 Å². The van der Waals surface area contributed by atoms with Crippen LogP contribution in [0, 0.1) is 19.3 Å². The Morgan fingerprint density at radius 3 is 2.05 bits per heavy atom. The lowest BCUT2D eigenvalue weighted by Crippen LogP contribution is -2.24. The van der Waals surface area contributed by atoms with Gasteiger partial charge in [0, 0.05) is 7.11 Å². The monoisotopic (exact) mass is 618 g/mol. The van der Waals surface area contributed by atoms with Crippen molar-refractivity contribution in [1.29, 1.82) is 0 Å². The van der Waals surface area contributed by atoms with Crippen molar-refractivity contribution in [3.8, 4) is 22.6 Å². The van der Waals surface area contributed by atoms with Gasteiger partial charge in [-0.1, -0.05) is 105 Å². The van der Waals surface area contributed by atoms with Crippen LogP contribution in [0.5, 0.6) is 11.5 Å². The van der Waals surface area contributed by atoms with Crippen LogP contribution in [0.4, 0.5) is 0 Å². The fraction of sp³-hybridized carbons (Fsp3) is 0.368. The van der Waals surface area contributed by atoms with Gasteiger partial charge in [0.15, 0.2) is 5.75 Å². The molecule has 0 bridgehead atoms. The smallest absolute Gasteiger partial charge is 0.156 e. The van der Waals surface area contributed by atoms with Crippen molar-refractivity contribution >= 4 is 23.2 Å². The highest BCUT2D eigenvalue weighted by atomic mass is 35.5. The molecule has 2 unspecified atom stereocenters. The largest absolute Gasteiger partial charge is 0.490 e. The van der Waals surface area contributed by atoms with E-state index in [2.05, 4.69) is 101 Å². The fourth-order valence-electron chi connectivity index (χ4n) is 6.20. The average molecular weight is 620 g/mol. The maximum Gasteiger partial charge on any atom is 0.156 e. The van der Waals surface area contributed by atoms with E-state index in [1.54, 1.807) is 7.11 Å². The Morgan fingerprint density at radius 2 is 1.42 bits per heavy atom. The summed E-state index contributed by atoms with van der Waals surface area (Å²) in [6, 6.07) is 27.8. The second-order valence-electron chi connectivity index (χ2n) is 12.4. The first-order chi connectivity index (χ1) is 20.5. The van der Waals surface area contributed by atoms with Crippen LogP contribution < -0.4 is 9.47 Å². The highest BCUT2D eigenvalue weighted by molar-refractivity contribution is 6.37. The van der Waals surface area contributed by atoms with E-state index in [1.165, 1.54) is 33.4 Å². The summed E-state index contributed by atoms with van der Waals surface area (Å²) in [5.41, 5.74) is 8.89. The van der Waals surface area contributed by atoms with Gasteiger partial charge in [-0.25, -0.2) is 0 Å². The molecular weight excluding hydrogens is 575 g/mol. The molecule has 0 radical (unpaired) electrons. The molecular formula is C38H44Cl2O3. The Balaban J connectivity index is 1.47. The van der Waals surface area contributed by atoms with Gasteiger partial charge in [-0.05, 0) is 101 Å². The van der Waals surface area contributed by atoms with Crippen LogP contribution in [0.25, 0.3) is 11.1 Å². The first-order valence-electron chi connectivity index (χ1n) is 15.0. The van der Waals surface area contributed by atoms with Crippen LogP contribution in [0.1, 0.15) is 67.3 Å². The molecule has 0 N–H and O–H groups in total. The number of benzene rings is 4. The number of methoxy groups -OCH3 is 1. The summed E-state index contributed by atoms with van der Waals surface area (Å²) in [5, 5.41) is 1.02. The van der Waals surface area contributed by atoms with E-state index in [0.717, 1.165) is 17.7 Å². The van der Waals surface area contributed by atoms with Gasteiger partial charge in [0.2, 0.25) is 0 Å². The van der Waals surface area contributed by atoms with E-state index in [1.807, 2.05) is 19.1 Å². The van der Waals surface area contributed by atoms with Crippen molar-refractivity contribution in [2.24, 2.45) is 5.41 Å². The molecule has 228 valence electrons. The molecule has 0 saturated carbocycles. The molecule has 0 spiro atoms. The Hall–Kier alpha value is -2.98. The zero-order valence-electron chi connectivity index (χ0n) is 26.5. The predicted molar refractivity (Wildman–Crippen MR) is 181 cm³/mol. The van der Waals surface area contributed by atoms with Gasteiger partial charge >= 0.3 is 0 Å². The van der Waals surface area contributed by atoms with Gasteiger partial charge in [0.05, 0.1) is 16.7 Å². The maximum atomic E-state index is 6.30. The highest BCUT2D eigenvalue weighted by Gasteiger charge is 2.32. The maximum absolute atomic E-state index is 6.30. The van der Waals surface area contributed by atoms with E-state index in [9.17, 15) is 0 Å². The second-order valence-corrected chi connectivity index (χ2v) is 13.2. The summed E-state index contributed by atoms with van der Waals surface area (Å²) in [6.45, 7) is 15.0. The van der Waals surface area contributed by atoms with Crippen LogP contribution in [0.15, 0.2) is 78.9 Å². The van der Waals surface area contributed by atoms with Crippen molar-refractivity contribution in [1.82, 2.24) is 0 Å². The number of hydrogen-bond acceptors (Lipinski definition) is 3. The quantitative estimate of drug-likeness (QED) is 0.148. The van der Waals surface area contributed by atoms with Crippen molar-refractivity contribution in [2.75, 3.05) is 26.9 Å². The van der Waals surface area contributed by atoms with Crippen molar-refractivity contribution in [3.05, 3.63) is 117 Å². The predicted octanol–water partition coefficient (Wildman–Crippen LogP) is 10.9. The highest BCUT2D eigenvalue weighted by Crippen LogP contribution is 2.46. The van der Waals surface area contributed by atoms with Crippen LogP contribution in [0.2, 0.25) is 10.0 Å². The van der Waals surface area contributed by atoms with Gasteiger partial charge in [-0.15, -0.1) is 0 Å². The molecule has 43 heavy (non-hydrogen) atoms. The Labute approximate surface area is 268 Å². The number of aryl methyl sites for hydroxylation is 2. The van der Waals surface area contributed by atoms with Gasteiger partial charge in [-0.2, -0.15) is 0 Å². The lowest BCUT2D eigenvalue weighted by Gasteiger charge is -2.37. The Kier molecular flexibility index (Phi) is 11.2. The van der Waals surface area contributed by atoms with Crippen LogP contribution in [-0.2, 0) is 11.2 Å². The molecule has 4 aromatic rings. The molecule has 0 aliphatic carbocycles. The number of ether oxygens (including phenoxy) is 3. The van der Waals surface area contributed by atoms with Crippen LogP contribution in [-0.4, -0.2) is 26.9 Å². The molecule has 5 heteroatoms. The Bertz CT molecular complexity index is 1480. The van der Waals surface area contributed by atoms with E-state index in [4.69, 9.17) is 37.4 Å². The summed E-state index contributed by atoms with van der Waals surface area (Å²) >= 11 is 12.6. The van der Waals surface area contributed by atoms with E-state index in [0.29, 0.717) is 47.5 Å². The third-order valence-corrected chi connectivity index (χ3v) is 8.64. The molecule has 3 nitrogen and oxygen atoms in total. The Morgan fingerprint density at radius 1 is 0.767 bits per heavy atom. The minimum absolute atomic E-state index is 0.0556. The lowest BCUT2D eigenvalue weighted by atomic mass is 9.67. The van der Waals surface area contributed by atoms with Gasteiger partial charge in [-0.3, -0.25) is 0 Å². The number of hydrogen-bond donors (Lipinski definition) is 0. The van der Waals surface area contributed by atoms with E-state index in [-0.39, 0.29) is 5.41 Å². The van der Waals surface area contributed by atoms with Gasteiger partial charge in [0.25, 0.3) is 0 Å². The topological polar surface area (TPSA) is 27.7 Å². The first kappa shape index (κ1) is 32.9. The summed E-state index contributed by atoms with van der Waals surface area (Å²) in [6.07, 6.45) is 0.901. The lowest BCUT2D eigenvalue weighted by molar-refractivity contribution is 0.202. The molecule has 4 rings (SSSR count). The SMILES string of the molecule is COCCc1ccccc1-c1ccc(C(C)C(c2ccc(OCCOc3c(Cl)cc(C)cc3Cl)cc2)C(C)(C)C)c(C)c1. The van der Waals surface area contributed by atoms with E-state index < -0.39 is 0 Å². The summed E-state index contributed by atoms with van der Waals surface area (Å²) in [4.78, 5) is 0. The third-order valence-electron chi connectivity index (χ3n) is 8.08. The van der Waals surface area contributed by atoms with Crippen LogP contribution in [0.3, 0.4) is 0 Å². The zero-order chi connectivity index (χ0) is 31.1. The first-order valence-corrected chi connectivity index (χ1v) is 15.7. The minimum atomic E-state index is 0.0556. The average Bonchev–Trinajstić information content (AvgIpc) is 2.95. The normalized spacial score (nSPS) is 13.0. The van der Waals surface area contributed by atoms with Crippen LogP contribution >= 0.6 is 23.2 Å². The molecule has 0 aliphatic rings. The molecule has 0 amide bonds. The molecule has 2 atom stereocenters. The fourth-order valence-corrected chi connectivity index (χ4v) is 6.91. The van der Waals surface area contributed by atoms with Crippen molar-refractivity contribution in [2.45, 2.75) is 59.8 Å². The molecule has 0 aliphatic heterocycles. The molecule has 0 fully saturated rings. The standard InChI is InChI=1S/C38H44Cl2O3/c1-25-22-34(39)37(35(40)23-25)43-21-20-42-31-15-12-29(13-16-31)36(38(4,5)6)27(3)32-17-14-30(24-26(32)2)33-11-9-8-10-28(33)18-19-41-7/h8-17,22-24,27,36H,18-21H2,1-7H3. The number of rotatable bonds is 12. The van der Waals surface area contributed by atoms with Crippen molar-refractivity contribution in [3.63, 3.8) is 0 Å².